The van der Waals surface area contributed by atoms with Crippen LogP contribution in [0.5, 0.6) is 0 Å². The number of benzene rings is 2. The summed E-state index contributed by atoms with van der Waals surface area (Å²) >= 11 is 1.27. The van der Waals surface area contributed by atoms with Crippen LogP contribution < -0.4 is 10.6 Å². The SMILES string of the molecule is CC(CCCNC(=O)OCC1c2ccccc2-c2ccccc21)C(=O)NCCSCC(=O)O. The maximum absolute atomic E-state index is 12.2. The topological polar surface area (TPSA) is 105 Å². The molecule has 3 N–H and O–H groups in total. The van der Waals surface area contributed by atoms with Gasteiger partial charge in [-0.2, -0.15) is 0 Å². The lowest BCUT2D eigenvalue weighted by Crippen LogP contribution is -2.32. The second kappa shape index (κ2) is 12.3. The third-order valence-electron chi connectivity index (χ3n) is 5.65. The highest BCUT2D eigenvalue weighted by Gasteiger charge is 2.28. The van der Waals surface area contributed by atoms with Crippen LogP contribution in [0.25, 0.3) is 11.1 Å². The molecule has 8 heteroatoms. The molecule has 3 rings (SSSR count). The third kappa shape index (κ3) is 6.99. The Morgan fingerprint density at radius 2 is 1.64 bits per heavy atom. The molecule has 2 aromatic carbocycles. The number of hydrogen-bond donors (Lipinski definition) is 3. The average molecular weight is 471 g/mol. The number of carbonyl (C=O) groups excluding carboxylic acids is 2. The minimum atomic E-state index is -0.858. The summed E-state index contributed by atoms with van der Waals surface area (Å²) in [5, 5.41) is 14.2. The second-order valence-electron chi connectivity index (χ2n) is 8.03. The summed E-state index contributed by atoms with van der Waals surface area (Å²) in [6.45, 7) is 2.99. The minimum Gasteiger partial charge on any atom is -0.481 e. The predicted molar refractivity (Wildman–Crippen MR) is 129 cm³/mol. The number of nitrogens with one attached hydrogen (secondary N) is 2. The smallest absolute Gasteiger partial charge is 0.407 e. The number of aliphatic carboxylic acids is 1. The van der Waals surface area contributed by atoms with E-state index in [4.69, 9.17) is 9.84 Å². The minimum absolute atomic E-state index is 0.0283. The van der Waals surface area contributed by atoms with Gasteiger partial charge >= 0.3 is 12.1 Å². The number of fused-ring (bicyclic) bond motifs is 3. The summed E-state index contributed by atoms with van der Waals surface area (Å²) < 4.78 is 5.51. The van der Waals surface area contributed by atoms with E-state index in [1.807, 2.05) is 31.2 Å². The first kappa shape index (κ1) is 24.6. The summed E-state index contributed by atoms with van der Waals surface area (Å²) in [5.41, 5.74) is 4.73. The third-order valence-corrected chi connectivity index (χ3v) is 6.59. The van der Waals surface area contributed by atoms with E-state index in [0.29, 0.717) is 31.7 Å². The maximum atomic E-state index is 12.2. The molecule has 1 atom stereocenters. The summed E-state index contributed by atoms with van der Waals surface area (Å²) in [4.78, 5) is 34.7. The van der Waals surface area contributed by atoms with Crippen molar-refractivity contribution in [3.05, 3.63) is 59.7 Å². The molecule has 33 heavy (non-hydrogen) atoms. The molecular weight excluding hydrogens is 440 g/mol. The number of ether oxygens (including phenoxy) is 1. The summed E-state index contributed by atoms with van der Waals surface area (Å²) in [6, 6.07) is 16.4. The molecule has 1 aliphatic rings. The number of alkyl carbamates (subject to hydrolysis) is 1. The van der Waals surface area contributed by atoms with Gasteiger partial charge in [0.05, 0.1) is 5.75 Å². The van der Waals surface area contributed by atoms with E-state index in [-0.39, 0.29) is 30.1 Å². The van der Waals surface area contributed by atoms with Gasteiger partial charge in [0.2, 0.25) is 5.91 Å². The van der Waals surface area contributed by atoms with Crippen LogP contribution in [-0.4, -0.2) is 54.3 Å². The molecule has 0 fully saturated rings. The van der Waals surface area contributed by atoms with E-state index in [2.05, 4.69) is 34.9 Å². The molecular formula is C25H30N2O5S. The molecule has 0 saturated carbocycles. The maximum Gasteiger partial charge on any atom is 0.407 e. The number of carbonyl (C=O) groups is 3. The highest BCUT2D eigenvalue weighted by molar-refractivity contribution is 7.99. The van der Waals surface area contributed by atoms with Crippen LogP contribution in [-0.2, 0) is 14.3 Å². The van der Waals surface area contributed by atoms with Gasteiger partial charge in [0.1, 0.15) is 6.61 Å². The van der Waals surface area contributed by atoms with E-state index < -0.39 is 12.1 Å². The first-order valence-electron chi connectivity index (χ1n) is 11.1. The average Bonchev–Trinajstić information content (AvgIpc) is 3.13. The van der Waals surface area contributed by atoms with Crippen molar-refractivity contribution in [2.24, 2.45) is 5.92 Å². The van der Waals surface area contributed by atoms with E-state index >= 15 is 0 Å². The number of carboxylic acid groups (broad SMARTS) is 1. The Balaban J connectivity index is 1.34. The number of carboxylic acids is 1. The Morgan fingerprint density at radius 1 is 1.00 bits per heavy atom. The number of rotatable bonds is 12. The van der Waals surface area contributed by atoms with Crippen LogP contribution >= 0.6 is 11.8 Å². The first-order chi connectivity index (χ1) is 16.0. The second-order valence-corrected chi connectivity index (χ2v) is 9.14. The fraction of sp³-hybridized carbons (Fsp3) is 0.400. The van der Waals surface area contributed by atoms with Crippen molar-refractivity contribution >= 4 is 29.7 Å². The number of amides is 2. The van der Waals surface area contributed by atoms with Gasteiger partial charge in [-0.15, -0.1) is 11.8 Å². The van der Waals surface area contributed by atoms with Gasteiger partial charge in [0.15, 0.2) is 0 Å². The number of thioether (sulfide) groups is 1. The fourth-order valence-electron chi connectivity index (χ4n) is 3.96. The summed E-state index contributed by atoms with van der Waals surface area (Å²) in [7, 11) is 0. The van der Waals surface area contributed by atoms with Crippen LogP contribution in [0.4, 0.5) is 4.79 Å². The quantitative estimate of drug-likeness (QED) is 0.407. The van der Waals surface area contributed by atoms with Crippen molar-refractivity contribution in [3.8, 4) is 11.1 Å². The fourth-order valence-corrected chi connectivity index (χ4v) is 4.52. The Hall–Kier alpha value is -3.00. The zero-order valence-electron chi connectivity index (χ0n) is 18.7. The van der Waals surface area contributed by atoms with Crippen molar-refractivity contribution in [2.45, 2.75) is 25.7 Å². The lowest BCUT2D eigenvalue weighted by molar-refractivity contribution is -0.134. The summed E-state index contributed by atoms with van der Waals surface area (Å²) in [5.74, 6) is -0.476. The lowest BCUT2D eigenvalue weighted by Gasteiger charge is -2.15. The Morgan fingerprint density at radius 3 is 2.27 bits per heavy atom. The number of hydrogen-bond acceptors (Lipinski definition) is 5. The first-order valence-corrected chi connectivity index (χ1v) is 12.3. The predicted octanol–water partition coefficient (Wildman–Crippen LogP) is 3.88. The van der Waals surface area contributed by atoms with E-state index in [0.717, 1.165) is 0 Å². The molecule has 1 aliphatic carbocycles. The molecule has 2 aromatic rings. The van der Waals surface area contributed by atoms with E-state index in [9.17, 15) is 14.4 Å². The van der Waals surface area contributed by atoms with Gasteiger partial charge in [-0.3, -0.25) is 9.59 Å². The molecule has 1 unspecified atom stereocenters. The molecule has 176 valence electrons. The highest BCUT2D eigenvalue weighted by Crippen LogP contribution is 2.44. The molecule has 0 bridgehead atoms. The Labute approximate surface area is 198 Å². The van der Waals surface area contributed by atoms with E-state index in [1.54, 1.807) is 0 Å². The molecule has 0 heterocycles. The lowest BCUT2D eigenvalue weighted by atomic mass is 9.98. The Kier molecular flexibility index (Phi) is 9.18. The molecule has 0 aliphatic heterocycles. The van der Waals surface area contributed by atoms with Gasteiger partial charge in [0, 0.05) is 30.7 Å². The van der Waals surface area contributed by atoms with Crippen molar-refractivity contribution in [1.29, 1.82) is 0 Å². The monoisotopic (exact) mass is 470 g/mol. The molecule has 0 aromatic heterocycles. The van der Waals surface area contributed by atoms with Crippen LogP contribution in [0.2, 0.25) is 0 Å². The summed E-state index contributed by atoms with van der Waals surface area (Å²) in [6.07, 6.45) is 0.842. The standard InChI is InChI=1S/C25H30N2O5S/c1-17(24(30)26-13-14-33-16-23(28)29)7-6-12-27-25(31)32-15-22-20-10-4-2-8-18(20)19-9-3-5-11-21(19)22/h2-5,8-11,17,22H,6-7,12-16H2,1H3,(H,26,30)(H,27,31)(H,28,29). The molecule has 0 spiro atoms. The van der Waals surface area contributed by atoms with Gasteiger partial charge in [-0.1, -0.05) is 55.5 Å². The Bertz CT molecular complexity index is 935. The highest BCUT2D eigenvalue weighted by atomic mass is 32.2. The molecule has 0 saturated heterocycles. The van der Waals surface area contributed by atoms with Crippen molar-refractivity contribution in [2.75, 3.05) is 31.2 Å². The van der Waals surface area contributed by atoms with Crippen molar-refractivity contribution in [1.82, 2.24) is 10.6 Å². The molecule has 7 nitrogen and oxygen atoms in total. The molecule has 2 amide bonds. The van der Waals surface area contributed by atoms with Gasteiger partial charge in [0.25, 0.3) is 0 Å². The van der Waals surface area contributed by atoms with Crippen LogP contribution in [0.3, 0.4) is 0 Å². The van der Waals surface area contributed by atoms with Gasteiger partial charge in [-0.25, -0.2) is 4.79 Å². The van der Waals surface area contributed by atoms with E-state index in [1.165, 1.54) is 34.0 Å². The van der Waals surface area contributed by atoms with Crippen LogP contribution in [0, 0.1) is 5.92 Å². The van der Waals surface area contributed by atoms with Crippen LogP contribution in [0.1, 0.15) is 36.8 Å². The zero-order valence-corrected chi connectivity index (χ0v) is 19.5. The van der Waals surface area contributed by atoms with Gasteiger partial charge < -0.3 is 20.5 Å². The zero-order chi connectivity index (χ0) is 23.6. The molecule has 0 radical (unpaired) electrons. The normalized spacial score (nSPS) is 13.0. The van der Waals surface area contributed by atoms with Gasteiger partial charge in [-0.05, 0) is 35.1 Å². The largest absolute Gasteiger partial charge is 0.481 e. The van der Waals surface area contributed by atoms with Crippen LogP contribution in [0.15, 0.2) is 48.5 Å². The van der Waals surface area contributed by atoms with Crippen molar-refractivity contribution in [3.63, 3.8) is 0 Å². The van der Waals surface area contributed by atoms with Crippen molar-refractivity contribution < 1.29 is 24.2 Å².